The van der Waals surface area contributed by atoms with Crippen LogP contribution in [0.3, 0.4) is 0 Å². The zero-order valence-electron chi connectivity index (χ0n) is 10.9. The molecule has 3 N–H and O–H groups in total. The van der Waals surface area contributed by atoms with Crippen LogP contribution < -0.4 is 5.73 Å². The van der Waals surface area contributed by atoms with E-state index >= 15 is 0 Å². The molecule has 2 rings (SSSR count). The van der Waals surface area contributed by atoms with Gasteiger partial charge in [-0.15, -0.1) is 0 Å². The van der Waals surface area contributed by atoms with Crippen molar-refractivity contribution in [2.24, 2.45) is 0 Å². The maximum atomic E-state index is 10.2. The third kappa shape index (κ3) is 3.64. The molecule has 1 aromatic rings. The summed E-state index contributed by atoms with van der Waals surface area (Å²) in [5.41, 5.74) is 7.34. The van der Waals surface area contributed by atoms with Gasteiger partial charge in [0.15, 0.2) is 0 Å². The first-order valence-electron chi connectivity index (χ1n) is 6.47. The van der Waals surface area contributed by atoms with E-state index in [0.717, 1.165) is 36.1 Å². The lowest BCUT2D eigenvalue weighted by Crippen LogP contribution is -2.37. The molecule has 1 unspecified atom stereocenters. The highest BCUT2D eigenvalue weighted by Crippen LogP contribution is 2.23. The van der Waals surface area contributed by atoms with Crippen LogP contribution in [0.4, 0.5) is 5.69 Å². The molecule has 4 heteroatoms. The van der Waals surface area contributed by atoms with Crippen molar-refractivity contribution >= 4 is 17.4 Å². The minimum Gasteiger partial charge on any atom is -0.399 e. The van der Waals surface area contributed by atoms with Crippen LogP contribution in [0.5, 0.6) is 0 Å². The second kappa shape index (κ2) is 6.45. The van der Waals surface area contributed by atoms with E-state index in [0.29, 0.717) is 0 Å². The van der Waals surface area contributed by atoms with Crippen molar-refractivity contribution in [1.29, 1.82) is 0 Å². The van der Waals surface area contributed by atoms with E-state index < -0.39 is 6.10 Å². The Morgan fingerprint density at radius 3 is 2.50 bits per heavy atom. The molecule has 1 atom stereocenters. The minimum absolute atomic E-state index is 0.406. The van der Waals surface area contributed by atoms with Crippen molar-refractivity contribution in [1.82, 2.24) is 4.90 Å². The summed E-state index contributed by atoms with van der Waals surface area (Å²) in [6, 6.07) is 7.51. The summed E-state index contributed by atoms with van der Waals surface area (Å²) in [7, 11) is 0. The van der Waals surface area contributed by atoms with Crippen LogP contribution in [0, 0.1) is 0 Å². The molecule has 3 nitrogen and oxygen atoms in total. The molecule has 1 aliphatic heterocycles. The van der Waals surface area contributed by atoms with Crippen LogP contribution in [-0.4, -0.2) is 41.1 Å². The third-order valence-corrected chi connectivity index (χ3v) is 4.76. The Bertz CT molecular complexity index is 361. The molecule has 0 bridgehead atoms. The Morgan fingerprint density at radius 2 is 1.94 bits per heavy atom. The summed E-state index contributed by atoms with van der Waals surface area (Å²) in [6.45, 7) is 2.92. The number of likely N-dealkylation sites (tertiary alicyclic amines) is 1. The van der Waals surface area contributed by atoms with Crippen LogP contribution in [0.1, 0.15) is 24.5 Å². The van der Waals surface area contributed by atoms with Crippen molar-refractivity contribution in [3.8, 4) is 0 Å². The van der Waals surface area contributed by atoms with Gasteiger partial charge in [0, 0.05) is 17.5 Å². The van der Waals surface area contributed by atoms with Gasteiger partial charge in [-0.2, -0.15) is 11.8 Å². The first-order chi connectivity index (χ1) is 8.69. The number of hydrogen-bond donors (Lipinski definition) is 2. The zero-order chi connectivity index (χ0) is 13.0. The van der Waals surface area contributed by atoms with E-state index in [1.54, 1.807) is 0 Å². The monoisotopic (exact) mass is 266 g/mol. The number of benzene rings is 1. The van der Waals surface area contributed by atoms with Crippen LogP contribution in [0.25, 0.3) is 0 Å². The first-order valence-corrected chi connectivity index (χ1v) is 7.76. The summed E-state index contributed by atoms with van der Waals surface area (Å²) >= 11 is 1.96. The van der Waals surface area contributed by atoms with E-state index in [4.69, 9.17) is 5.73 Å². The molecule has 0 radical (unpaired) electrons. The summed E-state index contributed by atoms with van der Waals surface area (Å²) < 4.78 is 0. The Morgan fingerprint density at radius 1 is 1.33 bits per heavy atom. The van der Waals surface area contributed by atoms with E-state index in [1.807, 2.05) is 36.0 Å². The molecular formula is C14H22N2OS. The Hall–Kier alpha value is -0.710. The number of rotatable bonds is 4. The molecule has 1 saturated heterocycles. The Labute approximate surface area is 113 Å². The van der Waals surface area contributed by atoms with E-state index in [2.05, 4.69) is 11.2 Å². The fourth-order valence-electron chi connectivity index (χ4n) is 2.40. The number of hydrogen-bond acceptors (Lipinski definition) is 4. The lowest BCUT2D eigenvalue weighted by molar-refractivity contribution is 0.103. The second-order valence-corrected chi connectivity index (χ2v) is 6.06. The highest BCUT2D eigenvalue weighted by atomic mass is 32.2. The molecule has 0 aliphatic carbocycles. The summed E-state index contributed by atoms with van der Waals surface area (Å²) in [6.07, 6.45) is 4.24. The van der Waals surface area contributed by atoms with Gasteiger partial charge >= 0.3 is 0 Å². The highest BCUT2D eigenvalue weighted by Gasteiger charge is 2.20. The number of aliphatic hydroxyl groups excluding tert-OH is 1. The number of nitrogens with two attached hydrogens (primary N) is 1. The fraction of sp³-hybridized carbons (Fsp3) is 0.571. The molecule has 0 saturated carbocycles. The van der Waals surface area contributed by atoms with Gasteiger partial charge in [0.1, 0.15) is 0 Å². The van der Waals surface area contributed by atoms with Crippen LogP contribution >= 0.6 is 11.8 Å². The van der Waals surface area contributed by atoms with Crippen LogP contribution in [0.2, 0.25) is 0 Å². The van der Waals surface area contributed by atoms with Crippen LogP contribution in [-0.2, 0) is 0 Å². The number of piperidine rings is 1. The van der Waals surface area contributed by atoms with Gasteiger partial charge in [-0.05, 0) is 49.9 Å². The number of nitrogens with zero attached hydrogens (tertiary/aromatic N) is 1. The van der Waals surface area contributed by atoms with Gasteiger partial charge < -0.3 is 15.7 Å². The quantitative estimate of drug-likeness (QED) is 0.820. The average molecular weight is 266 g/mol. The summed E-state index contributed by atoms with van der Waals surface area (Å²) in [4.78, 5) is 2.35. The van der Waals surface area contributed by atoms with Crippen LogP contribution in [0.15, 0.2) is 24.3 Å². The Kier molecular flexibility index (Phi) is 4.92. The molecule has 1 fully saturated rings. The molecule has 1 aromatic carbocycles. The van der Waals surface area contributed by atoms with Gasteiger partial charge in [-0.3, -0.25) is 0 Å². The SMILES string of the molecule is CSC1CCN(CC(O)c2ccc(N)cc2)CC1. The average Bonchev–Trinajstić information content (AvgIpc) is 2.40. The molecule has 0 amide bonds. The molecule has 0 aromatic heterocycles. The predicted molar refractivity (Wildman–Crippen MR) is 78.8 cm³/mol. The number of nitrogen functional groups attached to an aromatic ring is 1. The number of anilines is 1. The van der Waals surface area contributed by atoms with Gasteiger partial charge in [0.25, 0.3) is 0 Å². The van der Waals surface area contributed by atoms with E-state index in [1.165, 1.54) is 12.8 Å². The summed E-state index contributed by atoms with van der Waals surface area (Å²) in [5.74, 6) is 0. The van der Waals surface area contributed by atoms with Gasteiger partial charge in [-0.1, -0.05) is 12.1 Å². The van der Waals surface area contributed by atoms with Crippen molar-refractivity contribution < 1.29 is 5.11 Å². The summed E-state index contributed by atoms with van der Waals surface area (Å²) in [5, 5.41) is 11.0. The standard InChI is InChI=1S/C14H22N2OS/c1-18-13-6-8-16(9-7-13)10-14(17)11-2-4-12(15)5-3-11/h2-5,13-14,17H,6-10,15H2,1H3. The molecule has 100 valence electrons. The maximum absolute atomic E-state index is 10.2. The van der Waals surface area contributed by atoms with E-state index in [-0.39, 0.29) is 0 Å². The largest absolute Gasteiger partial charge is 0.399 e. The van der Waals surface area contributed by atoms with Crippen molar-refractivity contribution in [2.45, 2.75) is 24.2 Å². The topological polar surface area (TPSA) is 49.5 Å². The van der Waals surface area contributed by atoms with Crippen molar-refractivity contribution in [2.75, 3.05) is 31.6 Å². The molecule has 18 heavy (non-hydrogen) atoms. The first kappa shape index (κ1) is 13.7. The molecule has 1 heterocycles. The lowest BCUT2D eigenvalue weighted by atomic mass is 10.1. The lowest BCUT2D eigenvalue weighted by Gasteiger charge is -2.32. The van der Waals surface area contributed by atoms with Gasteiger partial charge in [0.05, 0.1) is 6.10 Å². The van der Waals surface area contributed by atoms with Crippen molar-refractivity contribution in [3.05, 3.63) is 29.8 Å². The third-order valence-electron chi connectivity index (χ3n) is 3.62. The predicted octanol–water partition coefficient (Wildman–Crippen LogP) is 2.13. The van der Waals surface area contributed by atoms with Gasteiger partial charge in [-0.25, -0.2) is 0 Å². The molecule has 1 aliphatic rings. The smallest absolute Gasteiger partial charge is 0.0916 e. The zero-order valence-corrected chi connectivity index (χ0v) is 11.7. The number of β-amino-alcohol motifs (C(OH)–C–C–N with tert-alkyl or cyclic N) is 1. The highest BCUT2D eigenvalue weighted by molar-refractivity contribution is 7.99. The molecule has 0 spiro atoms. The Balaban J connectivity index is 1.84. The molecular weight excluding hydrogens is 244 g/mol. The van der Waals surface area contributed by atoms with Gasteiger partial charge in [0.2, 0.25) is 0 Å². The second-order valence-electron chi connectivity index (χ2n) is 4.92. The number of aliphatic hydroxyl groups is 1. The maximum Gasteiger partial charge on any atom is 0.0916 e. The van der Waals surface area contributed by atoms with E-state index in [9.17, 15) is 5.11 Å². The fourth-order valence-corrected chi connectivity index (χ4v) is 3.08. The number of thioether (sulfide) groups is 1. The normalized spacial score (nSPS) is 19.9. The van der Waals surface area contributed by atoms with Crippen molar-refractivity contribution in [3.63, 3.8) is 0 Å². The minimum atomic E-state index is -0.406.